The summed E-state index contributed by atoms with van der Waals surface area (Å²) in [4.78, 5) is 33.8. The monoisotopic (exact) mass is 242 g/mol. The molecule has 0 aliphatic heterocycles. The summed E-state index contributed by atoms with van der Waals surface area (Å²) in [6.45, 7) is 2.91. The number of methoxy groups -OCH3 is 2. The van der Waals surface area contributed by atoms with Gasteiger partial charge in [0, 0.05) is 6.42 Å². The largest absolute Gasteiger partial charge is 0.468 e. The first-order valence-electron chi connectivity index (χ1n) is 5.19. The molecule has 5 nitrogen and oxygen atoms in total. The van der Waals surface area contributed by atoms with Gasteiger partial charge in [-0.15, -0.1) is 0 Å². The minimum Gasteiger partial charge on any atom is -0.468 e. The maximum atomic E-state index is 11.5. The van der Waals surface area contributed by atoms with Crippen LogP contribution < -0.4 is 0 Å². The zero-order valence-corrected chi connectivity index (χ0v) is 10.6. The molecule has 0 saturated heterocycles. The number of ether oxygens (including phenoxy) is 2. The second-order valence-corrected chi connectivity index (χ2v) is 3.90. The van der Waals surface area contributed by atoms with Crippen molar-refractivity contribution in [2.45, 2.75) is 26.7 Å². The van der Waals surface area contributed by atoms with Crippen molar-refractivity contribution < 1.29 is 23.9 Å². The number of hydrogen-bond donors (Lipinski definition) is 0. The number of allylic oxidation sites excluding steroid dienone is 2. The number of carbonyl (C=O) groups excluding carboxylic acids is 3. The topological polar surface area (TPSA) is 69.7 Å². The predicted molar refractivity (Wildman–Crippen MR) is 61.2 cm³/mol. The second kappa shape index (κ2) is 6.83. The maximum Gasteiger partial charge on any atom is 0.323 e. The van der Waals surface area contributed by atoms with E-state index >= 15 is 0 Å². The van der Waals surface area contributed by atoms with E-state index in [2.05, 4.69) is 9.47 Å². The van der Waals surface area contributed by atoms with Gasteiger partial charge in [-0.3, -0.25) is 14.4 Å². The highest BCUT2D eigenvalue weighted by Crippen LogP contribution is 2.25. The van der Waals surface area contributed by atoms with Gasteiger partial charge in [-0.2, -0.15) is 0 Å². The zero-order valence-electron chi connectivity index (χ0n) is 10.6. The summed E-state index contributed by atoms with van der Waals surface area (Å²) in [6.07, 6.45) is 3.64. The van der Waals surface area contributed by atoms with Gasteiger partial charge in [0.1, 0.15) is 5.78 Å². The van der Waals surface area contributed by atoms with Crippen molar-refractivity contribution in [1.82, 2.24) is 0 Å². The Morgan fingerprint density at radius 3 is 1.88 bits per heavy atom. The highest BCUT2D eigenvalue weighted by molar-refractivity contribution is 5.99. The van der Waals surface area contributed by atoms with E-state index in [0.717, 1.165) is 0 Å². The van der Waals surface area contributed by atoms with Gasteiger partial charge in [-0.05, 0) is 20.3 Å². The normalized spacial score (nSPS) is 11.3. The van der Waals surface area contributed by atoms with Gasteiger partial charge >= 0.3 is 11.9 Å². The molecule has 0 aromatic rings. The van der Waals surface area contributed by atoms with Crippen molar-refractivity contribution in [2.24, 2.45) is 5.41 Å². The van der Waals surface area contributed by atoms with Gasteiger partial charge in [0.25, 0.3) is 0 Å². The average Bonchev–Trinajstić information content (AvgIpc) is 2.31. The van der Waals surface area contributed by atoms with E-state index in [4.69, 9.17) is 0 Å². The molecule has 0 amide bonds. The molecule has 0 heterocycles. The molecule has 0 aliphatic carbocycles. The smallest absolute Gasteiger partial charge is 0.323 e. The first kappa shape index (κ1) is 15.3. The predicted octanol–water partition coefficient (Wildman–Crippen LogP) is 1.26. The van der Waals surface area contributed by atoms with E-state index in [-0.39, 0.29) is 18.6 Å². The minimum atomic E-state index is -1.36. The van der Waals surface area contributed by atoms with Gasteiger partial charge in [0.2, 0.25) is 0 Å². The number of hydrogen-bond acceptors (Lipinski definition) is 5. The summed E-state index contributed by atoms with van der Waals surface area (Å²) < 4.78 is 9.15. The minimum absolute atomic E-state index is 0.0130. The van der Waals surface area contributed by atoms with Crippen molar-refractivity contribution >= 4 is 17.7 Å². The lowest BCUT2D eigenvalue weighted by atomic mass is 9.86. The summed E-state index contributed by atoms with van der Waals surface area (Å²) >= 11 is 0. The molecule has 0 unspecified atom stereocenters. The molecule has 0 atom stereocenters. The molecule has 0 radical (unpaired) electrons. The van der Waals surface area contributed by atoms with Gasteiger partial charge in [-0.25, -0.2) is 0 Å². The number of Topliss-reactive ketones (excluding diaryl/α,β-unsaturated/α-hetero) is 1. The lowest BCUT2D eigenvalue weighted by Gasteiger charge is -2.21. The molecule has 0 saturated carbocycles. The Morgan fingerprint density at radius 2 is 1.53 bits per heavy atom. The lowest BCUT2D eigenvalue weighted by Crippen LogP contribution is -2.38. The molecule has 0 aromatic carbocycles. The fourth-order valence-electron chi connectivity index (χ4n) is 1.27. The number of esters is 2. The number of ketones is 1. The fraction of sp³-hybridized carbons (Fsp3) is 0.583. The Kier molecular flexibility index (Phi) is 6.17. The molecule has 5 heteroatoms. The molecule has 0 fully saturated rings. The highest BCUT2D eigenvalue weighted by atomic mass is 16.5. The molecule has 0 N–H and O–H groups in total. The first-order chi connectivity index (χ1) is 7.88. The third-order valence-electron chi connectivity index (χ3n) is 2.37. The summed E-state index contributed by atoms with van der Waals surface area (Å²) in [5, 5.41) is 0. The Balaban J connectivity index is 4.72. The second-order valence-electron chi connectivity index (χ2n) is 3.90. The van der Waals surface area contributed by atoms with E-state index in [1.807, 2.05) is 0 Å². The quantitative estimate of drug-likeness (QED) is 0.398. The first-order valence-corrected chi connectivity index (χ1v) is 5.19. The van der Waals surface area contributed by atoms with Crippen LogP contribution in [-0.2, 0) is 23.9 Å². The van der Waals surface area contributed by atoms with Crippen LogP contribution in [0.3, 0.4) is 0 Å². The Morgan fingerprint density at radius 1 is 1.06 bits per heavy atom. The third kappa shape index (κ3) is 4.38. The van der Waals surface area contributed by atoms with E-state index in [1.165, 1.54) is 28.1 Å². The molecule has 17 heavy (non-hydrogen) atoms. The van der Waals surface area contributed by atoms with Crippen LogP contribution in [-0.4, -0.2) is 31.9 Å². The van der Waals surface area contributed by atoms with Crippen LogP contribution in [0.15, 0.2) is 12.2 Å². The molecule has 0 aliphatic rings. The Bertz CT molecular complexity index is 314. The summed E-state index contributed by atoms with van der Waals surface area (Å²) in [5.41, 5.74) is -1.36. The van der Waals surface area contributed by atoms with E-state index in [9.17, 15) is 14.4 Å². The van der Waals surface area contributed by atoms with Crippen LogP contribution in [0.4, 0.5) is 0 Å². The lowest BCUT2D eigenvalue weighted by molar-refractivity contribution is -0.167. The average molecular weight is 242 g/mol. The molecule has 0 bridgehead atoms. The number of carbonyl (C=O) groups is 3. The molecule has 0 aromatic heterocycles. The van der Waals surface area contributed by atoms with Crippen molar-refractivity contribution in [3.8, 4) is 0 Å². The van der Waals surface area contributed by atoms with Crippen LogP contribution >= 0.6 is 0 Å². The summed E-state index contributed by atoms with van der Waals surface area (Å²) in [5.74, 6) is -1.30. The van der Waals surface area contributed by atoms with Gasteiger partial charge in [0.15, 0.2) is 5.41 Å². The fourth-order valence-corrected chi connectivity index (χ4v) is 1.27. The molecule has 96 valence electrons. The standard InChI is InChI=1S/C12H18O5/c1-9(13)7-5-6-8-12(2,10(14)16-3)11(15)17-4/h5-6H,7-8H2,1-4H3/b6-5+. The van der Waals surface area contributed by atoms with E-state index in [1.54, 1.807) is 12.2 Å². The third-order valence-corrected chi connectivity index (χ3v) is 2.37. The molecule has 0 spiro atoms. The Labute approximate surface area is 101 Å². The Hall–Kier alpha value is -1.65. The van der Waals surface area contributed by atoms with Crippen LogP contribution in [0.25, 0.3) is 0 Å². The zero-order chi connectivity index (χ0) is 13.5. The van der Waals surface area contributed by atoms with E-state index < -0.39 is 17.4 Å². The van der Waals surface area contributed by atoms with Crippen molar-refractivity contribution in [2.75, 3.05) is 14.2 Å². The number of rotatable bonds is 6. The van der Waals surface area contributed by atoms with Crippen LogP contribution in [0.2, 0.25) is 0 Å². The van der Waals surface area contributed by atoms with Gasteiger partial charge in [0.05, 0.1) is 14.2 Å². The SMILES string of the molecule is COC(=O)C(C)(C/C=C/CC(C)=O)C(=O)OC. The molecular weight excluding hydrogens is 224 g/mol. The summed E-state index contributed by atoms with van der Waals surface area (Å²) in [7, 11) is 2.42. The van der Waals surface area contributed by atoms with Crippen molar-refractivity contribution in [3.63, 3.8) is 0 Å². The highest BCUT2D eigenvalue weighted by Gasteiger charge is 2.42. The molecular formula is C12H18O5. The van der Waals surface area contributed by atoms with Crippen LogP contribution in [0.5, 0.6) is 0 Å². The van der Waals surface area contributed by atoms with E-state index in [0.29, 0.717) is 0 Å². The molecule has 0 rings (SSSR count). The van der Waals surface area contributed by atoms with Crippen LogP contribution in [0, 0.1) is 5.41 Å². The van der Waals surface area contributed by atoms with Gasteiger partial charge in [-0.1, -0.05) is 12.2 Å². The van der Waals surface area contributed by atoms with Gasteiger partial charge < -0.3 is 9.47 Å². The maximum absolute atomic E-state index is 11.5. The summed E-state index contributed by atoms with van der Waals surface area (Å²) in [6, 6.07) is 0. The van der Waals surface area contributed by atoms with Crippen molar-refractivity contribution in [1.29, 1.82) is 0 Å². The van der Waals surface area contributed by atoms with Crippen molar-refractivity contribution in [3.05, 3.63) is 12.2 Å². The van der Waals surface area contributed by atoms with Crippen LogP contribution in [0.1, 0.15) is 26.7 Å².